The van der Waals surface area contributed by atoms with Gasteiger partial charge in [-0.2, -0.15) is 0 Å². The molecule has 2 aromatic rings. The van der Waals surface area contributed by atoms with Crippen molar-refractivity contribution in [2.75, 3.05) is 25.6 Å². The molecule has 0 radical (unpaired) electrons. The third-order valence-electron chi connectivity index (χ3n) is 3.75. The standard InChI is InChI=1S/C19H24N2O3.ClH/c1-3-18(14-4-8-16(23-2)9-5-14)19(22)21-15-6-10-17(11-7-15)24-13-12-20;/h4-11,18H,3,12-13,20H2,1-2H3,(H,21,22);1H. The number of amides is 1. The maximum absolute atomic E-state index is 12.6. The van der Waals surface area contributed by atoms with E-state index in [9.17, 15) is 4.79 Å². The molecular weight excluding hydrogens is 340 g/mol. The lowest BCUT2D eigenvalue weighted by atomic mass is 9.95. The fourth-order valence-electron chi connectivity index (χ4n) is 2.45. The van der Waals surface area contributed by atoms with Crippen molar-refractivity contribution in [1.29, 1.82) is 0 Å². The van der Waals surface area contributed by atoms with Crippen molar-refractivity contribution in [3.05, 3.63) is 54.1 Å². The molecule has 0 saturated heterocycles. The summed E-state index contributed by atoms with van der Waals surface area (Å²) < 4.78 is 10.6. The highest BCUT2D eigenvalue weighted by Crippen LogP contribution is 2.24. The van der Waals surface area contributed by atoms with Gasteiger partial charge in [-0.1, -0.05) is 19.1 Å². The van der Waals surface area contributed by atoms with Crippen LogP contribution in [0.3, 0.4) is 0 Å². The van der Waals surface area contributed by atoms with Gasteiger partial charge >= 0.3 is 0 Å². The van der Waals surface area contributed by atoms with E-state index in [2.05, 4.69) is 5.32 Å². The molecule has 1 atom stereocenters. The number of hydrogen-bond donors (Lipinski definition) is 2. The first-order valence-electron chi connectivity index (χ1n) is 8.05. The second-order valence-electron chi connectivity index (χ2n) is 5.38. The second-order valence-corrected chi connectivity index (χ2v) is 5.38. The van der Waals surface area contributed by atoms with E-state index < -0.39 is 0 Å². The molecule has 1 unspecified atom stereocenters. The van der Waals surface area contributed by atoms with Gasteiger partial charge in [-0.15, -0.1) is 12.4 Å². The first-order valence-corrected chi connectivity index (χ1v) is 8.05. The van der Waals surface area contributed by atoms with Crippen LogP contribution in [0, 0.1) is 0 Å². The number of ether oxygens (including phenoxy) is 2. The van der Waals surface area contributed by atoms with Crippen molar-refractivity contribution in [3.63, 3.8) is 0 Å². The van der Waals surface area contributed by atoms with E-state index in [1.165, 1.54) is 0 Å². The van der Waals surface area contributed by atoms with E-state index in [-0.39, 0.29) is 24.2 Å². The Bertz CT molecular complexity index is 645. The molecule has 3 N–H and O–H groups in total. The molecule has 0 fully saturated rings. The van der Waals surface area contributed by atoms with Crippen molar-refractivity contribution in [1.82, 2.24) is 0 Å². The fraction of sp³-hybridized carbons (Fsp3) is 0.316. The van der Waals surface area contributed by atoms with Crippen LogP contribution in [0.25, 0.3) is 0 Å². The Morgan fingerprint density at radius 2 is 1.68 bits per heavy atom. The summed E-state index contributed by atoms with van der Waals surface area (Å²) in [6.45, 7) is 2.94. The van der Waals surface area contributed by atoms with Crippen LogP contribution in [0.1, 0.15) is 24.8 Å². The average Bonchev–Trinajstić information content (AvgIpc) is 2.62. The van der Waals surface area contributed by atoms with E-state index in [4.69, 9.17) is 15.2 Å². The molecule has 2 rings (SSSR count). The maximum Gasteiger partial charge on any atom is 0.231 e. The molecule has 2 aromatic carbocycles. The van der Waals surface area contributed by atoms with Gasteiger partial charge in [0, 0.05) is 12.2 Å². The van der Waals surface area contributed by atoms with Gasteiger partial charge in [-0.3, -0.25) is 4.79 Å². The van der Waals surface area contributed by atoms with Gasteiger partial charge in [-0.05, 0) is 48.4 Å². The fourth-order valence-corrected chi connectivity index (χ4v) is 2.45. The van der Waals surface area contributed by atoms with Crippen LogP contribution in [-0.4, -0.2) is 26.2 Å². The molecule has 5 nitrogen and oxygen atoms in total. The van der Waals surface area contributed by atoms with Gasteiger partial charge in [0.2, 0.25) is 5.91 Å². The van der Waals surface area contributed by atoms with Gasteiger partial charge < -0.3 is 20.5 Å². The van der Waals surface area contributed by atoms with E-state index in [0.717, 1.165) is 29.2 Å². The van der Waals surface area contributed by atoms with E-state index in [0.29, 0.717) is 13.2 Å². The van der Waals surface area contributed by atoms with Crippen LogP contribution in [0.5, 0.6) is 11.5 Å². The minimum absolute atomic E-state index is 0. The molecule has 6 heteroatoms. The Morgan fingerprint density at radius 3 is 2.20 bits per heavy atom. The number of nitrogens with two attached hydrogens (primary N) is 1. The Morgan fingerprint density at radius 1 is 1.08 bits per heavy atom. The quantitative estimate of drug-likeness (QED) is 0.750. The Hall–Kier alpha value is -2.24. The summed E-state index contributed by atoms with van der Waals surface area (Å²) in [7, 11) is 1.62. The molecule has 0 aromatic heterocycles. The first kappa shape index (κ1) is 20.8. The zero-order valence-electron chi connectivity index (χ0n) is 14.5. The minimum Gasteiger partial charge on any atom is -0.497 e. The molecule has 0 heterocycles. The zero-order chi connectivity index (χ0) is 17.4. The number of hydrogen-bond acceptors (Lipinski definition) is 4. The van der Waals surface area contributed by atoms with Crippen molar-refractivity contribution in [2.24, 2.45) is 5.73 Å². The molecule has 1 amide bonds. The van der Waals surface area contributed by atoms with E-state index >= 15 is 0 Å². The summed E-state index contributed by atoms with van der Waals surface area (Å²) in [6, 6.07) is 14.9. The third-order valence-corrected chi connectivity index (χ3v) is 3.75. The molecule has 0 aliphatic carbocycles. The Balaban J connectivity index is 0.00000312. The summed E-state index contributed by atoms with van der Waals surface area (Å²) >= 11 is 0. The smallest absolute Gasteiger partial charge is 0.231 e. The van der Waals surface area contributed by atoms with Gasteiger partial charge in [-0.25, -0.2) is 0 Å². The highest BCUT2D eigenvalue weighted by Gasteiger charge is 2.18. The van der Waals surface area contributed by atoms with Crippen LogP contribution >= 0.6 is 12.4 Å². The predicted molar refractivity (Wildman–Crippen MR) is 103 cm³/mol. The largest absolute Gasteiger partial charge is 0.497 e. The zero-order valence-corrected chi connectivity index (χ0v) is 15.3. The van der Waals surface area contributed by atoms with Crippen LogP contribution in [0.2, 0.25) is 0 Å². The van der Waals surface area contributed by atoms with Crippen molar-refractivity contribution < 1.29 is 14.3 Å². The summed E-state index contributed by atoms with van der Waals surface area (Å²) in [5.41, 5.74) is 7.12. The number of carbonyl (C=O) groups excluding carboxylic acids is 1. The minimum atomic E-state index is -0.205. The number of halogens is 1. The highest BCUT2D eigenvalue weighted by molar-refractivity contribution is 5.95. The topological polar surface area (TPSA) is 73.6 Å². The number of anilines is 1. The number of nitrogens with one attached hydrogen (secondary N) is 1. The number of rotatable bonds is 8. The van der Waals surface area contributed by atoms with Gasteiger partial charge in [0.15, 0.2) is 0 Å². The first-order chi connectivity index (χ1) is 11.7. The molecule has 0 spiro atoms. The van der Waals surface area contributed by atoms with Crippen molar-refractivity contribution >= 4 is 24.0 Å². The van der Waals surface area contributed by atoms with Crippen molar-refractivity contribution in [3.8, 4) is 11.5 Å². The predicted octanol–water partition coefficient (Wildman–Crippen LogP) is 3.59. The maximum atomic E-state index is 12.6. The summed E-state index contributed by atoms with van der Waals surface area (Å²) in [5.74, 6) is 1.28. The van der Waals surface area contributed by atoms with Crippen molar-refractivity contribution in [2.45, 2.75) is 19.3 Å². The summed E-state index contributed by atoms with van der Waals surface area (Å²) in [6.07, 6.45) is 0.718. The Kier molecular flexibility index (Phi) is 8.81. The van der Waals surface area contributed by atoms with Crippen LogP contribution in [-0.2, 0) is 4.79 Å². The molecule has 0 saturated carbocycles. The monoisotopic (exact) mass is 364 g/mol. The lowest BCUT2D eigenvalue weighted by Gasteiger charge is -2.16. The van der Waals surface area contributed by atoms with Gasteiger partial charge in [0.25, 0.3) is 0 Å². The van der Waals surface area contributed by atoms with Gasteiger partial charge in [0.05, 0.1) is 13.0 Å². The normalized spacial score (nSPS) is 11.2. The number of methoxy groups -OCH3 is 1. The molecule has 0 aliphatic heterocycles. The number of benzene rings is 2. The lowest BCUT2D eigenvalue weighted by Crippen LogP contribution is -2.20. The average molecular weight is 365 g/mol. The highest BCUT2D eigenvalue weighted by atomic mass is 35.5. The van der Waals surface area contributed by atoms with Gasteiger partial charge in [0.1, 0.15) is 18.1 Å². The van der Waals surface area contributed by atoms with Crippen LogP contribution < -0.4 is 20.5 Å². The molecule has 25 heavy (non-hydrogen) atoms. The third kappa shape index (κ3) is 5.96. The molecule has 0 bridgehead atoms. The van der Waals surface area contributed by atoms with E-state index in [1.807, 2.05) is 55.5 Å². The lowest BCUT2D eigenvalue weighted by molar-refractivity contribution is -0.117. The molecule has 0 aliphatic rings. The van der Waals surface area contributed by atoms with E-state index in [1.54, 1.807) is 7.11 Å². The number of carbonyl (C=O) groups is 1. The van der Waals surface area contributed by atoms with Crippen LogP contribution in [0.4, 0.5) is 5.69 Å². The summed E-state index contributed by atoms with van der Waals surface area (Å²) in [4.78, 5) is 12.6. The SMILES string of the molecule is CCC(C(=O)Nc1ccc(OCCN)cc1)c1ccc(OC)cc1.Cl. The molecule has 136 valence electrons. The molecular formula is C19H25ClN2O3. The second kappa shape index (κ2) is 10.6. The summed E-state index contributed by atoms with van der Waals surface area (Å²) in [5, 5.41) is 2.95. The van der Waals surface area contributed by atoms with Crippen LogP contribution in [0.15, 0.2) is 48.5 Å². The Labute approximate surface area is 154 Å².